The molecule has 0 aromatic heterocycles. The Morgan fingerprint density at radius 1 is 1.14 bits per heavy atom. The van der Waals surface area contributed by atoms with E-state index < -0.39 is 13.6 Å². The number of hydrogen-bond acceptors (Lipinski definition) is 4. The number of rotatable bonds is 2. The van der Waals surface area contributed by atoms with Gasteiger partial charge < -0.3 is 0 Å². The summed E-state index contributed by atoms with van der Waals surface area (Å²) in [6.07, 6.45) is 0. The van der Waals surface area contributed by atoms with E-state index in [1.807, 2.05) is 0 Å². The van der Waals surface area contributed by atoms with Crippen molar-refractivity contribution in [2.45, 2.75) is 0 Å². The second kappa shape index (κ2) is 2.82. The van der Waals surface area contributed by atoms with E-state index >= 15 is 0 Å². The molecule has 0 saturated carbocycles. The van der Waals surface area contributed by atoms with Crippen LogP contribution in [0.3, 0.4) is 0 Å². The maximum absolute atomic E-state index is 9.73. The van der Waals surface area contributed by atoms with Crippen molar-refractivity contribution in [1.29, 1.82) is 0 Å². The molecule has 7 heteroatoms. The molecule has 0 radical (unpaired) electrons. The van der Waals surface area contributed by atoms with Gasteiger partial charge in [-0.3, -0.25) is 0 Å². The maximum atomic E-state index is 9.73. The van der Waals surface area contributed by atoms with Crippen LogP contribution in [0, 0.1) is 0 Å². The van der Waals surface area contributed by atoms with Crippen molar-refractivity contribution >= 4 is 23.7 Å². The van der Waals surface area contributed by atoms with Crippen molar-refractivity contribution in [2.75, 3.05) is 0 Å². The van der Waals surface area contributed by atoms with Gasteiger partial charge in [-0.1, -0.05) is 0 Å². The third-order valence-electron chi connectivity index (χ3n) is 0.154. The Morgan fingerprint density at radius 2 is 1.43 bits per heavy atom. The van der Waals surface area contributed by atoms with Crippen molar-refractivity contribution in [3.05, 3.63) is 0 Å². The normalized spacial score (nSPS) is 11.7. The fourth-order valence-corrected chi connectivity index (χ4v) is 0.361. The van der Waals surface area contributed by atoms with E-state index in [-0.39, 0.29) is 0 Å². The molecule has 0 rings (SSSR count). The Kier molecular flexibility index (Phi) is 3.08. The van der Waals surface area contributed by atoms with E-state index in [1.54, 1.807) is 0 Å². The average molecular weight is 187 g/mol. The zero-order valence-corrected chi connectivity index (χ0v) is 5.58. The van der Waals surface area contributed by atoms with Gasteiger partial charge in [0.1, 0.15) is 0 Å². The molecule has 0 N–H and O–H groups in total. The fourth-order valence-electron chi connectivity index (χ4n) is 0.00972. The third kappa shape index (κ3) is 3.24. The SMILES string of the molecule is [O]=[Cr](=[O])([O]Cl)[O]Cl. The first-order valence-corrected chi connectivity index (χ1v) is 3.67. The first-order valence-electron chi connectivity index (χ1n) is 0.975. The first-order chi connectivity index (χ1) is 3.12. The summed E-state index contributed by atoms with van der Waals surface area (Å²) in [6, 6.07) is 0. The second-order valence-electron chi connectivity index (χ2n) is 0.534. The number of halogens is 2. The van der Waals surface area contributed by atoms with Crippen LogP contribution in [0.25, 0.3) is 0 Å². The third-order valence-corrected chi connectivity index (χ3v) is 1.91. The van der Waals surface area contributed by atoms with Crippen LogP contribution in [-0.4, -0.2) is 0 Å². The second-order valence-corrected chi connectivity index (χ2v) is 3.24. The molecular weight excluding hydrogens is 187 g/mol. The summed E-state index contributed by atoms with van der Waals surface area (Å²) in [7, 11) is 0. The van der Waals surface area contributed by atoms with E-state index in [0.29, 0.717) is 0 Å². The van der Waals surface area contributed by atoms with Gasteiger partial charge in [0.2, 0.25) is 0 Å². The summed E-state index contributed by atoms with van der Waals surface area (Å²) in [5, 5.41) is 0. The van der Waals surface area contributed by atoms with Crippen molar-refractivity contribution in [2.24, 2.45) is 0 Å². The molecule has 7 heavy (non-hydrogen) atoms. The molecule has 0 aliphatic heterocycles. The predicted octanol–water partition coefficient (Wildman–Crippen LogP) is 1.00. The minimum absolute atomic E-state index is 3.25. The quantitative estimate of drug-likeness (QED) is 0.646. The van der Waals surface area contributed by atoms with Gasteiger partial charge in [0.05, 0.1) is 0 Å². The zero-order chi connectivity index (χ0) is 5.91. The molecule has 0 saturated heterocycles. The van der Waals surface area contributed by atoms with Gasteiger partial charge in [-0.2, -0.15) is 0 Å². The average Bonchev–Trinajstić information content (AvgIpc) is 1.68. The molecule has 0 bridgehead atoms. The molecule has 0 amide bonds. The van der Waals surface area contributed by atoms with Gasteiger partial charge >= 0.3 is 51.6 Å². The fraction of sp³-hybridized carbons (Fsp3) is 0. The van der Waals surface area contributed by atoms with Gasteiger partial charge in [-0.05, 0) is 0 Å². The van der Waals surface area contributed by atoms with Crippen LogP contribution in [0.1, 0.15) is 0 Å². The molecule has 0 fully saturated rings. The molecule has 0 aromatic carbocycles. The molecule has 0 atom stereocenters. The monoisotopic (exact) mass is 186 g/mol. The Morgan fingerprint density at radius 3 is 1.43 bits per heavy atom. The van der Waals surface area contributed by atoms with Crippen molar-refractivity contribution in [3.63, 3.8) is 0 Å². The van der Waals surface area contributed by atoms with Crippen LogP contribution in [-0.2, 0) is 27.9 Å². The van der Waals surface area contributed by atoms with E-state index in [2.05, 4.69) is 30.4 Å². The Hall–Kier alpha value is 0.632. The molecule has 0 spiro atoms. The van der Waals surface area contributed by atoms with Gasteiger partial charge in [-0.25, -0.2) is 0 Å². The van der Waals surface area contributed by atoms with Crippen molar-refractivity contribution in [3.8, 4) is 0 Å². The van der Waals surface area contributed by atoms with Gasteiger partial charge in [0, 0.05) is 0 Å². The van der Waals surface area contributed by atoms with E-state index in [1.165, 1.54) is 0 Å². The van der Waals surface area contributed by atoms with Gasteiger partial charge in [0.15, 0.2) is 0 Å². The van der Waals surface area contributed by atoms with Crippen LogP contribution in [0.5, 0.6) is 0 Å². The molecule has 0 heterocycles. The Bertz CT molecular complexity index is 113. The molecule has 44 valence electrons. The molecule has 4 nitrogen and oxygen atoms in total. The minimum atomic E-state index is -4.77. The van der Waals surface area contributed by atoms with Crippen LogP contribution in [0.2, 0.25) is 0 Å². The molecular formula is Cl2CrO4. The summed E-state index contributed by atoms with van der Waals surface area (Å²) in [5.41, 5.74) is 0. The molecule has 0 unspecified atom stereocenters. The van der Waals surface area contributed by atoms with Crippen LogP contribution < -0.4 is 0 Å². The van der Waals surface area contributed by atoms with Gasteiger partial charge in [-0.15, -0.1) is 0 Å². The topological polar surface area (TPSA) is 52.6 Å². The summed E-state index contributed by atoms with van der Waals surface area (Å²) in [4.78, 5) is 0. The Labute approximate surface area is 52.0 Å². The standard InChI is InChI=1S/2ClO.Cr.2O/c2*1-2;;;/q2*-1;+2;;. The van der Waals surface area contributed by atoms with Gasteiger partial charge in [0.25, 0.3) is 0 Å². The van der Waals surface area contributed by atoms with Crippen LogP contribution in [0.4, 0.5) is 0 Å². The number of hydrogen-bond donors (Lipinski definition) is 0. The van der Waals surface area contributed by atoms with Crippen molar-refractivity contribution < 1.29 is 27.9 Å². The van der Waals surface area contributed by atoms with E-state index in [9.17, 15) is 7.61 Å². The first kappa shape index (κ1) is 7.63. The Balaban J connectivity index is 3.89. The summed E-state index contributed by atoms with van der Waals surface area (Å²) < 4.78 is 26.0. The molecule has 0 aliphatic carbocycles. The van der Waals surface area contributed by atoms with Crippen LogP contribution >= 0.6 is 23.7 Å². The predicted molar refractivity (Wildman–Crippen MR) is 15.2 cm³/mol. The van der Waals surface area contributed by atoms with E-state index in [4.69, 9.17) is 0 Å². The zero-order valence-electron chi connectivity index (χ0n) is 2.80. The molecule has 0 aromatic rings. The van der Waals surface area contributed by atoms with E-state index in [0.717, 1.165) is 0 Å². The van der Waals surface area contributed by atoms with Crippen LogP contribution in [0.15, 0.2) is 0 Å². The summed E-state index contributed by atoms with van der Waals surface area (Å²) >= 11 is 3.88. The summed E-state index contributed by atoms with van der Waals surface area (Å²) in [6.45, 7) is 0. The molecule has 0 aliphatic rings. The summed E-state index contributed by atoms with van der Waals surface area (Å²) in [5.74, 6) is 0. The van der Waals surface area contributed by atoms with Crippen molar-refractivity contribution in [1.82, 2.24) is 0 Å².